The molecule has 3 aromatic rings. The van der Waals surface area contributed by atoms with Crippen LogP contribution in [0.3, 0.4) is 0 Å². The van der Waals surface area contributed by atoms with E-state index in [1.165, 1.54) is 5.56 Å². The summed E-state index contributed by atoms with van der Waals surface area (Å²) in [5, 5.41) is 1.45. The molecule has 1 aliphatic heterocycles. The molecule has 0 fully saturated rings. The van der Waals surface area contributed by atoms with Gasteiger partial charge < -0.3 is 14.0 Å². The zero-order valence-corrected chi connectivity index (χ0v) is 13.1. The van der Waals surface area contributed by atoms with Crippen LogP contribution in [-0.4, -0.2) is 18.8 Å². The molecule has 0 saturated carbocycles. The van der Waals surface area contributed by atoms with E-state index in [9.17, 15) is 4.79 Å². The molecule has 4 rings (SSSR count). The maximum Gasteiger partial charge on any atom is 0.259 e. The Morgan fingerprint density at radius 1 is 1.00 bits per heavy atom. The second kappa shape index (κ2) is 5.16. The number of hydrogen-bond acceptors (Lipinski definition) is 3. The lowest BCUT2D eigenvalue weighted by molar-refractivity contribution is 0.398. The second-order valence-electron chi connectivity index (χ2n) is 5.68. The first kappa shape index (κ1) is 13.9. The maximum absolute atomic E-state index is 13.0. The number of ether oxygens (including phenoxy) is 2. The van der Waals surface area contributed by atoms with E-state index in [1.807, 2.05) is 28.8 Å². The summed E-state index contributed by atoms with van der Waals surface area (Å²) in [5.74, 6) is 1.28. The number of pyridine rings is 1. The molecule has 23 heavy (non-hydrogen) atoms. The van der Waals surface area contributed by atoms with Crippen molar-refractivity contribution in [1.82, 2.24) is 4.57 Å². The molecular weight excluding hydrogens is 290 g/mol. The van der Waals surface area contributed by atoms with Crippen molar-refractivity contribution in [2.75, 3.05) is 14.2 Å². The summed E-state index contributed by atoms with van der Waals surface area (Å²) >= 11 is 0. The average Bonchev–Trinajstić information content (AvgIpc) is 2.61. The van der Waals surface area contributed by atoms with Gasteiger partial charge in [0.25, 0.3) is 5.56 Å². The predicted octanol–water partition coefficient (Wildman–Crippen LogP) is 3.24. The Bertz CT molecular complexity index is 972. The van der Waals surface area contributed by atoms with Crippen LogP contribution >= 0.6 is 0 Å². The summed E-state index contributed by atoms with van der Waals surface area (Å²) in [7, 11) is 3.20. The molecule has 2 aromatic carbocycles. The first-order valence-corrected chi connectivity index (χ1v) is 7.61. The van der Waals surface area contributed by atoms with Gasteiger partial charge in [0, 0.05) is 23.6 Å². The standard InChI is InChI=1S/C19H17NO3/c1-22-13-9-16-15(18(10-13)23-2)11-17-14-6-4-3-5-12(14)7-8-20(17)19(16)21/h3-6,9-11H,7-8H2,1-2H3. The highest BCUT2D eigenvalue weighted by molar-refractivity contribution is 5.92. The number of rotatable bonds is 2. The van der Waals surface area contributed by atoms with E-state index in [4.69, 9.17) is 9.47 Å². The number of aromatic nitrogens is 1. The van der Waals surface area contributed by atoms with E-state index in [0.717, 1.165) is 23.1 Å². The minimum absolute atomic E-state index is 0.00389. The van der Waals surface area contributed by atoms with Crippen molar-refractivity contribution >= 4 is 10.8 Å². The smallest absolute Gasteiger partial charge is 0.259 e. The largest absolute Gasteiger partial charge is 0.497 e. The normalized spacial score (nSPS) is 12.6. The van der Waals surface area contributed by atoms with Gasteiger partial charge in [-0.1, -0.05) is 24.3 Å². The van der Waals surface area contributed by atoms with Crippen molar-refractivity contribution in [3.8, 4) is 22.8 Å². The molecule has 4 heteroatoms. The van der Waals surface area contributed by atoms with Crippen LogP contribution in [0.2, 0.25) is 0 Å². The van der Waals surface area contributed by atoms with Gasteiger partial charge in [0.1, 0.15) is 11.5 Å². The van der Waals surface area contributed by atoms with Crippen molar-refractivity contribution in [3.63, 3.8) is 0 Å². The maximum atomic E-state index is 13.0. The van der Waals surface area contributed by atoms with Gasteiger partial charge in [-0.05, 0) is 24.1 Å². The van der Waals surface area contributed by atoms with Crippen molar-refractivity contribution < 1.29 is 9.47 Å². The van der Waals surface area contributed by atoms with Crippen LogP contribution in [0.5, 0.6) is 11.5 Å². The van der Waals surface area contributed by atoms with E-state index in [2.05, 4.69) is 12.1 Å². The zero-order valence-electron chi connectivity index (χ0n) is 13.1. The lowest BCUT2D eigenvalue weighted by Gasteiger charge is -2.23. The molecule has 0 bridgehead atoms. The van der Waals surface area contributed by atoms with Gasteiger partial charge >= 0.3 is 0 Å². The van der Waals surface area contributed by atoms with Crippen LogP contribution in [0, 0.1) is 0 Å². The molecule has 0 N–H and O–H groups in total. The molecule has 0 atom stereocenters. The fourth-order valence-electron chi connectivity index (χ4n) is 3.35. The summed E-state index contributed by atoms with van der Waals surface area (Å²) in [4.78, 5) is 13.0. The van der Waals surface area contributed by atoms with Gasteiger partial charge in [-0.3, -0.25) is 4.79 Å². The fraction of sp³-hybridized carbons (Fsp3) is 0.211. The third-order valence-corrected chi connectivity index (χ3v) is 4.52. The Kier molecular flexibility index (Phi) is 3.11. The number of hydrogen-bond donors (Lipinski definition) is 0. The van der Waals surface area contributed by atoms with Gasteiger partial charge in [0.05, 0.1) is 25.3 Å². The van der Waals surface area contributed by atoms with Crippen molar-refractivity contribution in [2.24, 2.45) is 0 Å². The molecular formula is C19H17NO3. The average molecular weight is 307 g/mol. The molecule has 116 valence electrons. The zero-order chi connectivity index (χ0) is 16.0. The highest BCUT2D eigenvalue weighted by Gasteiger charge is 2.20. The minimum Gasteiger partial charge on any atom is -0.497 e. The number of fused-ring (bicyclic) bond motifs is 4. The predicted molar refractivity (Wildman–Crippen MR) is 90.5 cm³/mol. The van der Waals surface area contributed by atoms with Crippen LogP contribution in [0.1, 0.15) is 5.56 Å². The van der Waals surface area contributed by atoms with Crippen molar-refractivity contribution in [2.45, 2.75) is 13.0 Å². The van der Waals surface area contributed by atoms with Crippen molar-refractivity contribution in [3.05, 3.63) is 58.4 Å². The Morgan fingerprint density at radius 3 is 2.61 bits per heavy atom. The minimum atomic E-state index is 0.00389. The highest BCUT2D eigenvalue weighted by Crippen LogP contribution is 2.35. The second-order valence-corrected chi connectivity index (χ2v) is 5.68. The highest BCUT2D eigenvalue weighted by atomic mass is 16.5. The Hall–Kier alpha value is -2.75. The van der Waals surface area contributed by atoms with Gasteiger partial charge in [0.15, 0.2) is 0 Å². The molecule has 1 aliphatic rings. The Morgan fingerprint density at radius 2 is 1.83 bits per heavy atom. The molecule has 0 spiro atoms. The van der Waals surface area contributed by atoms with Crippen LogP contribution in [0.25, 0.3) is 22.0 Å². The summed E-state index contributed by atoms with van der Waals surface area (Å²) in [6, 6.07) is 13.9. The number of methoxy groups -OCH3 is 2. The molecule has 0 aliphatic carbocycles. The SMILES string of the molecule is COc1cc(OC)c2cc3n(c(=O)c2c1)CCc1ccccc1-3. The summed E-state index contributed by atoms with van der Waals surface area (Å²) in [6.45, 7) is 0.695. The molecule has 0 unspecified atom stereocenters. The van der Waals surface area contributed by atoms with Gasteiger partial charge in [-0.15, -0.1) is 0 Å². The Balaban J connectivity index is 2.11. The van der Waals surface area contributed by atoms with Gasteiger partial charge in [-0.25, -0.2) is 0 Å². The molecule has 1 aromatic heterocycles. The molecule has 4 nitrogen and oxygen atoms in total. The van der Waals surface area contributed by atoms with Crippen molar-refractivity contribution in [1.29, 1.82) is 0 Å². The molecule has 0 saturated heterocycles. The topological polar surface area (TPSA) is 40.5 Å². The fourth-order valence-corrected chi connectivity index (χ4v) is 3.35. The molecule has 0 amide bonds. The monoisotopic (exact) mass is 307 g/mol. The molecule has 2 heterocycles. The van der Waals surface area contributed by atoms with E-state index in [1.54, 1.807) is 20.3 Å². The lowest BCUT2D eigenvalue weighted by Crippen LogP contribution is -2.26. The van der Waals surface area contributed by atoms with Crippen LogP contribution < -0.4 is 15.0 Å². The third-order valence-electron chi connectivity index (χ3n) is 4.52. The summed E-state index contributed by atoms with van der Waals surface area (Å²) in [5.41, 5.74) is 3.35. The number of benzene rings is 2. The van der Waals surface area contributed by atoms with Crippen LogP contribution in [-0.2, 0) is 13.0 Å². The van der Waals surface area contributed by atoms with Crippen LogP contribution in [0.15, 0.2) is 47.3 Å². The van der Waals surface area contributed by atoms with Crippen LogP contribution in [0.4, 0.5) is 0 Å². The number of nitrogens with zero attached hydrogens (tertiary/aromatic N) is 1. The summed E-state index contributed by atoms with van der Waals surface area (Å²) in [6.07, 6.45) is 0.871. The van der Waals surface area contributed by atoms with E-state index in [-0.39, 0.29) is 5.56 Å². The van der Waals surface area contributed by atoms with E-state index in [0.29, 0.717) is 23.4 Å². The third kappa shape index (κ3) is 2.02. The van der Waals surface area contributed by atoms with E-state index >= 15 is 0 Å². The summed E-state index contributed by atoms with van der Waals surface area (Å²) < 4.78 is 12.6. The number of aryl methyl sites for hydroxylation is 1. The van der Waals surface area contributed by atoms with E-state index < -0.39 is 0 Å². The Labute approximate surface area is 133 Å². The van der Waals surface area contributed by atoms with Gasteiger partial charge in [-0.2, -0.15) is 0 Å². The quantitative estimate of drug-likeness (QED) is 0.730. The first-order chi connectivity index (χ1) is 11.2. The first-order valence-electron chi connectivity index (χ1n) is 7.61. The lowest BCUT2D eigenvalue weighted by atomic mass is 9.96. The van der Waals surface area contributed by atoms with Gasteiger partial charge in [0.2, 0.25) is 0 Å². The molecule has 0 radical (unpaired) electrons.